The molecule has 1 atom stereocenters. The van der Waals surface area contributed by atoms with Crippen LogP contribution in [-0.4, -0.2) is 32.8 Å². The molecule has 0 bridgehead atoms. The summed E-state index contributed by atoms with van der Waals surface area (Å²) in [6.45, 7) is 7.43. The fourth-order valence-electron chi connectivity index (χ4n) is 1.93. The minimum Gasteiger partial charge on any atom is -0.493 e. The lowest BCUT2D eigenvalue weighted by Crippen LogP contribution is -2.27. The highest BCUT2D eigenvalue weighted by atomic mass is 16.5. The molecular formula is C16H25NO4. The summed E-state index contributed by atoms with van der Waals surface area (Å²) in [5.41, 5.74) is 0.972. The molecule has 118 valence electrons. The van der Waals surface area contributed by atoms with E-state index >= 15 is 0 Å². The van der Waals surface area contributed by atoms with Crippen LogP contribution in [0.15, 0.2) is 18.2 Å². The molecule has 0 aromatic heterocycles. The van der Waals surface area contributed by atoms with Crippen LogP contribution in [0.4, 0.5) is 0 Å². The van der Waals surface area contributed by atoms with Gasteiger partial charge < -0.3 is 19.5 Å². The number of rotatable bonds is 9. The summed E-state index contributed by atoms with van der Waals surface area (Å²) in [5.74, 6) is 1.35. The Bertz CT molecular complexity index is 448. The average molecular weight is 295 g/mol. The van der Waals surface area contributed by atoms with Crippen molar-refractivity contribution in [2.24, 2.45) is 0 Å². The molecule has 5 heteroatoms. The van der Waals surface area contributed by atoms with Gasteiger partial charge in [-0.15, -0.1) is 0 Å². The SMILES string of the molecule is CCOCCC(=O)N[C@H](C)c1ccc(OCC)c(OC)c1. The summed E-state index contributed by atoms with van der Waals surface area (Å²) in [7, 11) is 1.60. The smallest absolute Gasteiger partial charge is 0.222 e. The largest absolute Gasteiger partial charge is 0.493 e. The molecule has 0 saturated heterocycles. The maximum Gasteiger partial charge on any atom is 0.222 e. The Hall–Kier alpha value is -1.75. The van der Waals surface area contributed by atoms with Crippen LogP contribution in [-0.2, 0) is 9.53 Å². The van der Waals surface area contributed by atoms with E-state index in [2.05, 4.69) is 5.32 Å². The second kappa shape index (κ2) is 9.23. The summed E-state index contributed by atoms with van der Waals surface area (Å²) in [6, 6.07) is 5.59. The number of hydrogen-bond acceptors (Lipinski definition) is 4. The van der Waals surface area contributed by atoms with Crippen molar-refractivity contribution in [2.75, 3.05) is 26.9 Å². The third-order valence-corrected chi connectivity index (χ3v) is 3.04. The van der Waals surface area contributed by atoms with Gasteiger partial charge in [-0.3, -0.25) is 4.79 Å². The highest BCUT2D eigenvalue weighted by Gasteiger charge is 2.12. The van der Waals surface area contributed by atoms with Gasteiger partial charge in [0.25, 0.3) is 0 Å². The first kappa shape index (κ1) is 17.3. The second-order valence-electron chi connectivity index (χ2n) is 4.58. The van der Waals surface area contributed by atoms with E-state index in [0.29, 0.717) is 37.7 Å². The quantitative estimate of drug-likeness (QED) is 0.712. The first-order chi connectivity index (χ1) is 10.1. The topological polar surface area (TPSA) is 56.8 Å². The number of amides is 1. The number of ether oxygens (including phenoxy) is 3. The van der Waals surface area contributed by atoms with Gasteiger partial charge in [0.2, 0.25) is 5.91 Å². The standard InChI is InChI=1S/C16H25NO4/c1-5-20-10-9-16(18)17-12(3)13-7-8-14(21-6-2)15(11-13)19-4/h7-8,11-12H,5-6,9-10H2,1-4H3,(H,17,18)/t12-/m1/s1. The number of hydrogen-bond donors (Lipinski definition) is 1. The number of nitrogens with one attached hydrogen (secondary N) is 1. The zero-order valence-electron chi connectivity index (χ0n) is 13.3. The average Bonchev–Trinajstić information content (AvgIpc) is 2.48. The lowest BCUT2D eigenvalue weighted by atomic mass is 10.1. The first-order valence-electron chi connectivity index (χ1n) is 7.30. The van der Waals surface area contributed by atoms with Crippen LogP contribution in [0.3, 0.4) is 0 Å². The van der Waals surface area contributed by atoms with Crippen LogP contribution in [0.2, 0.25) is 0 Å². The fraction of sp³-hybridized carbons (Fsp3) is 0.562. The Kier molecular flexibility index (Phi) is 7.61. The molecule has 1 aromatic rings. The first-order valence-corrected chi connectivity index (χ1v) is 7.30. The van der Waals surface area contributed by atoms with Crippen LogP contribution >= 0.6 is 0 Å². The van der Waals surface area contributed by atoms with Gasteiger partial charge in [0.1, 0.15) is 0 Å². The molecule has 0 spiro atoms. The number of carbonyl (C=O) groups is 1. The molecule has 1 amide bonds. The summed E-state index contributed by atoms with van der Waals surface area (Å²) in [5, 5.41) is 2.94. The molecule has 0 heterocycles. The van der Waals surface area contributed by atoms with Crippen molar-refractivity contribution in [3.8, 4) is 11.5 Å². The molecule has 0 aliphatic carbocycles. The maximum absolute atomic E-state index is 11.8. The van der Waals surface area contributed by atoms with E-state index in [0.717, 1.165) is 5.56 Å². The monoisotopic (exact) mass is 295 g/mol. The van der Waals surface area contributed by atoms with Crippen LogP contribution in [0.1, 0.15) is 38.8 Å². The predicted molar refractivity (Wildman–Crippen MR) is 81.8 cm³/mol. The van der Waals surface area contributed by atoms with Crippen LogP contribution in [0.25, 0.3) is 0 Å². The molecule has 0 aliphatic heterocycles. The second-order valence-corrected chi connectivity index (χ2v) is 4.58. The van der Waals surface area contributed by atoms with Gasteiger partial charge in [-0.2, -0.15) is 0 Å². The van der Waals surface area contributed by atoms with Gasteiger partial charge in [-0.1, -0.05) is 6.07 Å². The van der Waals surface area contributed by atoms with E-state index in [4.69, 9.17) is 14.2 Å². The Morgan fingerprint density at radius 1 is 1.24 bits per heavy atom. The molecule has 1 rings (SSSR count). The highest BCUT2D eigenvalue weighted by molar-refractivity contribution is 5.76. The molecule has 0 saturated carbocycles. The van der Waals surface area contributed by atoms with E-state index in [-0.39, 0.29) is 11.9 Å². The third-order valence-electron chi connectivity index (χ3n) is 3.04. The third kappa shape index (κ3) is 5.63. The zero-order valence-corrected chi connectivity index (χ0v) is 13.3. The van der Waals surface area contributed by atoms with Crippen LogP contribution < -0.4 is 14.8 Å². The van der Waals surface area contributed by atoms with E-state index in [9.17, 15) is 4.79 Å². The Morgan fingerprint density at radius 2 is 2.00 bits per heavy atom. The van der Waals surface area contributed by atoms with E-state index in [1.165, 1.54) is 0 Å². The Balaban J connectivity index is 2.65. The van der Waals surface area contributed by atoms with Gasteiger partial charge in [-0.25, -0.2) is 0 Å². The van der Waals surface area contributed by atoms with E-state index < -0.39 is 0 Å². The highest BCUT2D eigenvalue weighted by Crippen LogP contribution is 2.30. The zero-order chi connectivity index (χ0) is 15.7. The number of methoxy groups -OCH3 is 1. The van der Waals surface area contributed by atoms with Crippen molar-refractivity contribution in [3.05, 3.63) is 23.8 Å². The molecule has 0 aliphatic rings. The van der Waals surface area contributed by atoms with Crippen molar-refractivity contribution >= 4 is 5.91 Å². The Labute approximate surface area is 126 Å². The van der Waals surface area contributed by atoms with E-state index in [1.807, 2.05) is 39.0 Å². The Morgan fingerprint density at radius 3 is 2.62 bits per heavy atom. The summed E-state index contributed by atoms with van der Waals surface area (Å²) in [4.78, 5) is 11.8. The molecule has 21 heavy (non-hydrogen) atoms. The molecule has 1 N–H and O–H groups in total. The summed E-state index contributed by atoms with van der Waals surface area (Å²) >= 11 is 0. The van der Waals surface area contributed by atoms with Gasteiger partial charge in [0.15, 0.2) is 11.5 Å². The van der Waals surface area contributed by atoms with Crippen molar-refractivity contribution in [1.82, 2.24) is 5.32 Å². The normalized spacial score (nSPS) is 11.8. The van der Waals surface area contributed by atoms with E-state index in [1.54, 1.807) is 7.11 Å². The predicted octanol–water partition coefficient (Wildman–Crippen LogP) is 2.70. The molecule has 0 unspecified atom stereocenters. The lowest BCUT2D eigenvalue weighted by molar-refractivity contribution is -0.122. The number of carbonyl (C=O) groups excluding carboxylic acids is 1. The van der Waals surface area contributed by atoms with Gasteiger partial charge in [0, 0.05) is 13.0 Å². The number of benzene rings is 1. The maximum atomic E-state index is 11.8. The summed E-state index contributed by atoms with van der Waals surface area (Å²) < 4.78 is 16.0. The molecule has 1 aromatic carbocycles. The lowest BCUT2D eigenvalue weighted by Gasteiger charge is -2.17. The van der Waals surface area contributed by atoms with Crippen molar-refractivity contribution in [2.45, 2.75) is 33.2 Å². The minimum absolute atomic E-state index is 0.0243. The molecule has 0 radical (unpaired) electrons. The fourth-order valence-corrected chi connectivity index (χ4v) is 1.93. The van der Waals surface area contributed by atoms with Crippen molar-refractivity contribution < 1.29 is 19.0 Å². The van der Waals surface area contributed by atoms with Crippen molar-refractivity contribution in [3.63, 3.8) is 0 Å². The summed E-state index contributed by atoms with van der Waals surface area (Å²) in [6.07, 6.45) is 0.367. The van der Waals surface area contributed by atoms with Crippen molar-refractivity contribution in [1.29, 1.82) is 0 Å². The van der Waals surface area contributed by atoms with Gasteiger partial charge >= 0.3 is 0 Å². The minimum atomic E-state index is -0.0938. The van der Waals surface area contributed by atoms with Crippen LogP contribution in [0.5, 0.6) is 11.5 Å². The van der Waals surface area contributed by atoms with Crippen LogP contribution in [0, 0.1) is 0 Å². The van der Waals surface area contributed by atoms with Gasteiger partial charge in [0.05, 0.1) is 26.4 Å². The molecule has 0 fully saturated rings. The van der Waals surface area contributed by atoms with Gasteiger partial charge in [-0.05, 0) is 38.5 Å². The molecular weight excluding hydrogens is 270 g/mol. The molecule has 5 nitrogen and oxygen atoms in total.